The molecule has 4 rings (SSSR count). The number of hydrogen-bond acceptors (Lipinski definition) is 4. The van der Waals surface area contributed by atoms with Gasteiger partial charge in [0, 0.05) is 17.9 Å². The lowest BCUT2D eigenvalue weighted by atomic mass is 10.1. The molecule has 0 saturated heterocycles. The van der Waals surface area contributed by atoms with Crippen molar-refractivity contribution in [3.63, 3.8) is 0 Å². The van der Waals surface area contributed by atoms with Crippen molar-refractivity contribution in [1.82, 2.24) is 10.3 Å². The Bertz CT molecular complexity index is 1210. The summed E-state index contributed by atoms with van der Waals surface area (Å²) in [6.07, 6.45) is 2.21. The molecule has 3 aromatic rings. The van der Waals surface area contributed by atoms with Crippen molar-refractivity contribution in [3.8, 4) is 5.75 Å². The number of methoxy groups -OCH3 is 1. The molecule has 0 unspecified atom stereocenters. The number of aryl methyl sites for hydroxylation is 1. The molecule has 1 fully saturated rings. The zero-order valence-electron chi connectivity index (χ0n) is 17.6. The van der Waals surface area contributed by atoms with Crippen LogP contribution >= 0.6 is 0 Å². The number of carbonyl (C=O) groups is 2. The maximum absolute atomic E-state index is 14.4. The fourth-order valence-corrected chi connectivity index (χ4v) is 3.40. The van der Waals surface area contributed by atoms with E-state index in [4.69, 9.17) is 4.74 Å². The number of aromatic nitrogens is 1. The third-order valence-corrected chi connectivity index (χ3v) is 5.19. The molecule has 166 valence electrons. The first-order valence-electron chi connectivity index (χ1n) is 10.2. The number of rotatable bonds is 6. The van der Waals surface area contributed by atoms with Gasteiger partial charge in [0.2, 0.25) is 0 Å². The predicted octanol–water partition coefficient (Wildman–Crippen LogP) is 4.61. The standard InChI is InChI=1S/C23H22F2N4O3/c1-12-9-18(20-16(24)6-7-17(25)21(20)27-12)29-23(31)28-14-5-8-19(32-2)15(10-14)22(30)26-11-13-3-4-13/h5-10,13H,3-4,11H2,1-2H3,(H,26,30)(H2,27,28,29,31). The summed E-state index contributed by atoms with van der Waals surface area (Å²) in [6, 6.07) is 7.38. The minimum absolute atomic E-state index is 0.0814. The van der Waals surface area contributed by atoms with Crippen LogP contribution in [0.5, 0.6) is 5.75 Å². The third kappa shape index (κ3) is 4.61. The van der Waals surface area contributed by atoms with Crippen molar-refractivity contribution in [1.29, 1.82) is 0 Å². The van der Waals surface area contributed by atoms with Crippen molar-refractivity contribution in [2.45, 2.75) is 19.8 Å². The number of pyridine rings is 1. The van der Waals surface area contributed by atoms with Crippen LogP contribution in [0, 0.1) is 24.5 Å². The highest BCUT2D eigenvalue weighted by atomic mass is 19.1. The quantitative estimate of drug-likeness (QED) is 0.522. The molecule has 0 aliphatic heterocycles. The topological polar surface area (TPSA) is 92.3 Å². The third-order valence-electron chi connectivity index (χ3n) is 5.19. The Morgan fingerprint density at radius 3 is 2.56 bits per heavy atom. The van der Waals surface area contributed by atoms with Gasteiger partial charge in [-0.25, -0.2) is 18.6 Å². The van der Waals surface area contributed by atoms with Crippen LogP contribution in [0.2, 0.25) is 0 Å². The summed E-state index contributed by atoms with van der Waals surface area (Å²) >= 11 is 0. The van der Waals surface area contributed by atoms with E-state index in [1.54, 1.807) is 19.1 Å². The van der Waals surface area contributed by atoms with Crippen LogP contribution in [0.25, 0.3) is 10.9 Å². The number of urea groups is 1. The number of benzene rings is 2. The Balaban J connectivity index is 1.55. The maximum Gasteiger partial charge on any atom is 0.323 e. The molecule has 3 amide bonds. The average Bonchev–Trinajstić information content (AvgIpc) is 3.59. The van der Waals surface area contributed by atoms with E-state index in [-0.39, 0.29) is 28.1 Å². The number of anilines is 2. The molecule has 0 bridgehead atoms. The van der Waals surface area contributed by atoms with Crippen LogP contribution in [0.15, 0.2) is 36.4 Å². The Morgan fingerprint density at radius 2 is 1.84 bits per heavy atom. The van der Waals surface area contributed by atoms with Crippen LogP contribution in [-0.4, -0.2) is 30.6 Å². The van der Waals surface area contributed by atoms with Gasteiger partial charge in [0.15, 0.2) is 0 Å². The Morgan fingerprint density at radius 1 is 1.09 bits per heavy atom. The van der Waals surface area contributed by atoms with Crippen molar-refractivity contribution in [2.75, 3.05) is 24.3 Å². The lowest BCUT2D eigenvalue weighted by molar-refractivity contribution is 0.0948. The SMILES string of the molecule is COc1ccc(NC(=O)Nc2cc(C)nc3c(F)ccc(F)c23)cc1C(=O)NCC1CC1. The van der Waals surface area contributed by atoms with Crippen molar-refractivity contribution in [3.05, 3.63) is 59.3 Å². The summed E-state index contributed by atoms with van der Waals surface area (Å²) in [6.45, 7) is 2.21. The van der Waals surface area contributed by atoms with E-state index in [0.29, 0.717) is 29.6 Å². The minimum atomic E-state index is -0.705. The molecule has 2 aromatic carbocycles. The maximum atomic E-state index is 14.4. The van der Waals surface area contributed by atoms with Gasteiger partial charge >= 0.3 is 6.03 Å². The Hall–Kier alpha value is -3.75. The van der Waals surface area contributed by atoms with E-state index in [1.165, 1.54) is 19.2 Å². The number of nitrogens with zero attached hydrogens (tertiary/aromatic N) is 1. The number of nitrogens with one attached hydrogen (secondary N) is 3. The fraction of sp³-hybridized carbons (Fsp3) is 0.261. The number of halogens is 2. The molecule has 1 heterocycles. The normalized spacial score (nSPS) is 13.0. The van der Waals surface area contributed by atoms with Crippen LogP contribution in [0.4, 0.5) is 25.0 Å². The summed E-state index contributed by atoms with van der Waals surface area (Å²) < 4.78 is 33.7. The first-order chi connectivity index (χ1) is 15.4. The van der Waals surface area contributed by atoms with E-state index in [1.807, 2.05) is 0 Å². The number of hydrogen-bond donors (Lipinski definition) is 3. The molecule has 1 aliphatic carbocycles. The second-order valence-corrected chi connectivity index (χ2v) is 7.71. The number of amides is 3. The van der Waals surface area contributed by atoms with E-state index in [9.17, 15) is 18.4 Å². The summed E-state index contributed by atoms with van der Waals surface area (Å²) in [4.78, 5) is 29.2. The molecule has 9 heteroatoms. The molecule has 0 radical (unpaired) electrons. The number of fused-ring (bicyclic) bond motifs is 1. The monoisotopic (exact) mass is 440 g/mol. The summed E-state index contributed by atoms with van der Waals surface area (Å²) in [5, 5.41) is 7.89. The zero-order valence-corrected chi connectivity index (χ0v) is 17.6. The molecule has 0 atom stereocenters. The smallest absolute Gasteiger partial charge is 0.323 e. The lowest BCUT2D eigenvalue weighted by Crippen LogP contribution is -2.26. The van der Waals surface area contributed by atoms with Crippen LogP contribution in [0.1, 0.15) is 28.9 Å². The van der Waals surface area contributed by atoms with Crippen LogP contribution < -0.4 is 20.7 Å². The largest absolute Gasteiger partial charge is 0.496 e. The molecule has 1 aromatic heterocycles. The van der Waals surface area contributed by atoms with Gasteiger partial charge in [-0.3, -0.25) is 4.79 Å². The highest BCUT2D eigenvalue weighted by molar-refractivity contribution is 6.06. The molecule has 0 spiro atoms. The number of ether oxygens (including phenoxy) is 1. The molecule has 1 aliphatic rings. The first-order valence-corrected chi connectivity index (χ1v) is 10.2. The highest BCUT2D eigenvalue weighted by Gasteiger charge is 2.23. The van der Waals surface area contributed by atoms with E-state index in [2.05, 4.69) is 20.9 Å². The van der Waals surface area contributed by atoms with Crippen molar-refractivity contribution < 1.29 is 23.1 Å². The van der Waals surface area contributed by atoms with Gasteiger partial charge in [0.25, 0.3) is 5.91 Å². The molecule has 3 N–H and O–H groups in total. The highest BCUT2D eigenvalue weighted by Crippen LogP contribution is 2.29. The number of carbonyl (C=O) groups excluding carboxylic acids is 2. The zero-order chi connectivity index (χ0) is 22.8. The molecular weight excluding hydrogens is 418 g/mol. The van der Waals surface area contributed by atoms with Gasteiger partial charge in [0.05, 0.1) is 23.7 Å². The summed E-state index contributed by atoms with van der Waals surface area (Å²) in [5.41, 5.74) is 0.944. The van der Waals surface area contributed by atoms with Gasteiger partial charge < -0.3 is 20.7 Å². The molecule has 32 heavy (non-hydrogen) atoms. The Kier molecular flexibility index (Phi) is 5.89. The summed E-state index contributed by atoms with van der Waals surface area (Å²) in [5.74, 6) is -0.807. The molecule has 7 nitrogen and oxygen atoms in total. The van der Waals surface area contributed by atoms with Gasteiger partial charge in [-0.1, -0.05) is 0 Å². The fourth-order valence-electron chi connectivity index (χ4n) is 3.40. The van der Waals surface area contributed by atoms with Gasteiger partial charge in [-0.2, -0.15) is 0 Å². The first kappa shape index (κ1) is 21.5. The molecular formula is C23H22F2N4O3. The lowest BCUT2D eigenvalue weighted by Gasteiger charge is -2.14. The average molecular weight is 440 g/mol. The van der Waals surface area contributed by atoms with Gasteiger partial charge in [-0.15, -0.1) is 0 Å². The van der Waals surface area contributed by atoms with Crippen molar-refractivity contribution >= 4 is 34.2 Å². The molecule has 1 saturated carbocycles. The van der Waals surface area contributed by atoms with Crippen LogP contribution in [0.3, 0.4) is 0 Å². The van der Waals surface area contributed by atoms with Crippen molar-refractivity contribution in [2.24, 2.45) is 5.92 Å². The van der Waals surface area contributed by atoms with Gasteiger partial charge in [0.1, 0.15) is 22.9 Å². The minimum Gasteiger partial charge on any atom is -0.496 e. The van der Waals surface area contributed by atoms with E-state index >= 15 is 0 Å². The summed E-state index contributed by atoms with van der Waals surface area (Å²) in [7, 11) is 1.46. The van der Waals surface area contributed by atoms with E-state index in [0.717, 1.165) is 25.0 Å². The van der Waals surface area contributed by atoms with Gasteiger partial charge in [-0.05, 0) is 62.1 Å². The Labute approximate surface area is 183 Å². The second-order valence-electron chi connectivity index (χ2n) is 7.71. The van der Waals surface area contributed by atoms with E-state index < -0.39 is 17.7 Å². The van der Waals surface area contributed by atoms with Crippen LogP contribution in [-0.2, 0) is 0 Å². The second kappa shape index (κ2) is 8.78. The predicted molar refractivity (Wildman–Crippen MR) is 117 cm³/mol.